The van der Waals surface area contributed by atoms with E-state index in [0.717, 1.165) is 6.42 Å². The van der Waals surface area contributed by atoms with Gasteiger partial charge in [-0.1, -0.05) is 0 Å². The van der Waals surface area contributed by atoms with Crippen LogP contribution in [0.2, 0.25) is 0 Å². The molecule has 0 aromatic carbocycles. The maximum atomic E-state index is 11.0. The van der Waals surface area contributed by atoms with Crippen molar-refractivity contribution in [3.05, 3.63) is 17.0 Å². The zero-order valence-corrected chi connectivity index (χ0v) is 10.1. The van der Waals surface area contributed by atoms with Gasteiger partial charge >= 0.3 is 5.97 Å². The molecule has 0 aliphatic heterocycles. The standard InChI is InChI=1S/C11H18N2O3/c1-7(5-6-16-4)13-9(3)10(11(14)15)8(2)12-13/h7H,5-6H2,1-4H3,(H,14,15). The van der Waals surface area contributed by atoms with Crippen molar-refractivity contribution in [2.24, 2.45) is 0 Å². The van der Waals surface area contributed by atoms with Gasteiger partial charge in [0, 0.05) is 13.7 Å². The minimum atomic E-state index is -0.916. The minimum absolute atomic E-state index is 0.145. The molecule has 1 heterocycles. The van der Waals surface area contributed by atoms with Crippen LogP contribution in [0.25, 0.3) is 0 Å². The monoisotopic (exact) mass is 226 g/mol. The molecule has 0 saturated carbocycles. The van der Waals surface area contributed by atoms with Crippen molar-refractivity contribution in [1.29, 1.82) is 0 Å². The third-order valence-electron chi connectivity index (χ3n) is 2.70. The van der Waals surface area contributed by atoms with E-state index in [1.54, 1.807) is 25.6 Å². The van der Waals surface area contributed by atoms with Crippen LogP contribution >= 0.6 is 0 Å². The first-order valence-corrected chi connectivity index (χ1v) is 5.27. The van der Waals surface area contributed by atoms with Crippen LogP contribution in [-0.4, -0.2) is 34.6 Å². The smallest absolute Gasteiger partial charge is 0.339 e. The topological polar surface area (TPSA) is 64.4 Å². The van der Waals surface area contributed by atoms with Crippen molar-refractivity contribution in [3.8, 4) is 0 Å². The van der Waals surface area contributed by atoms with Gasteiger partial charge in [-0.3, -0.25) is 4.68 Å². The van der Waals surface area contributed by atoms with E-state index < -0.39 is 5.97 Å². The first-order valence-electron chi connectivity index (χ1n) is 5.27. The van der Waals surface area contributed by atoms with Gasteiger partial charge < -0.3 is 9.84 Å². The highest BCUT2D eigenvalue weighted by Gasteiger charge is 2.19. The number of carboxylic acids is 1. The molecule has 0 fully saturated rings. The molecule has 1 N–H and O–H groups in total. The summed E-state index contributed by atoms with van der Waals surface area (Å²) in [5, 5.41) is 13.3. The van der Waals surface area contributed by atoms with Gasteiger partial charge in [0.25, 0.3) is 0 Å². The number of nitrogens with zero attached hydrogens (tertiary/aromatic N) is 2. The second kappa shape index (κ2) is 5.12. The lowest BCUT2D eigenvalue weighted by Gasteiger charge is -2.13. The average molecular weight is 226 g/mol. The molecule has 1 rings (SSSR count). The Morgan fingerprint density at radius 2 is 2.19 bits per heavy atom. The number of ether oxygens (including phenoxy) is 1. The summed E-state index contributed by atoms with van der Waals surface area (Å²) in [5.74, 6) is -0.916. The molecule has 0 radical (unpaired) electrons. The molecule has 5 nitrogen and oxygen atoms in total. The van der Waals surface area contributed by atoms with Gasteiger partial charge in [-0.2, -0.15) is 5.10 Å². The summed E-state index contributed by atoms with van der Waals surface area (Å²) in [6.45, 7) is 6.15. The summed E-state index contributed by atoms with van der Waals surface area (Å²) >= 11 is 0. The molecule has 1 atom stereocenters. The van der Waals surface area contributed by atoms with Crippen molar-refractivity contribution >= 4 is 5.97 Å². The van der Waals surface area contributed by atoms with Crippen LogP contribution in [0.15, 0.2) is 0 Å². The largest absolute Gasteiger partial charge is 0.478 e. The van der Waals surface area contributed by atoms with Gasteiger partial charge in [0.05, 0.1) is 17.4 Å². The Hall–Kier alpha value is -1.36. The molecule has 1 aromatic rings. The predicted octanol–water partition coefficient (Wildman–Crippen LogP) is 1.80. The van der Waals surface area contributed by atoms with Crippen LogP contribution in [0.1, 0.15) is 41.1 Å². The first kappa shape index (κ1) is 12.7. The Kier molecular flexibility index (Phi) is 4.06. The Morgan fingerprint density at radius 3 is 2.62 bits per heavy atom. The summed E-state index contributed by atoms with van der Waals surface area (Å²) in [5.41, 5.74) is 1.58. The number of hydrogen-bond donors (Lipinski definition) is 1. The normalized spacial score (nSPS) is 12.8. The van der Waals surface area contributed by atoms with Gasteiger partial charge in [-0.05, 0) is 27.2 Å². The predicted molar refractivity (Wildman–Crippen MR) is 59.9 cm³/mol. The fraction of sp³-hybridized carbons (Fsp3) is 0.636. The molecule has 90 valence electrons. The molecule has 1 aromatic heterocycles. The van der Waals surface area contributed by atoms with Gasteiger partial charge in [0.2, 0.25) is 0 Å². The van der Waals surface area contributed by atoms with E-state index in [0.29, 0.717) is 23.6 Å². The quantitative estimate of drug-likeness (QED) is 0.831. The second-order valence-corrected chi connectivity index (χ2v) is 3.93. The van der Waals surface area contributed by atoms with E-state index >= 15 is 0 Å². The van der Waals surface area contributed by atoms with Crippen LogP contribution in [0.4, 0.5) is 0 Å². The average Bonchev–Trinajstić information content (AvgIpc) is 2.50. The molecule has 16 heavy (non-hydrogen) atoms. The lowest BCUT2D eigenvalue weighted by Crippen LogP contribution is -2.12. The Bertz CT molecular complexity index is 385. The SMILES string of the molecule is COCCC(C)n1nc(C)c(C(=O)O)c1C. The van der Waals surface area contributed by atoms with Gasteiger partial charge in [-0.15, -0.1) is 0 Å². The first-order chi connectivity index (χ1) is 7.49. The minimum Gasteiger partial charge on any atom is -0.478 e. The second-order valence-electron chi connectivity index (χ2n) is 3.93. The molecule has 0 amide bonds. The van der Waals surface area contributed by atoms with Crippen LogP contribution in [-0.2, 0) is 4.74 Å². The Balaban J connectivity index is 2.98. The number of carbonyl (C=O) groups is 1. The highest BCUT2D eigenvalue weighted by Crippen LogP contribution is 2.19. The van der Waals surface area contributed by atoms with E-state index in [2.05, 4.69) is 5.10 Å². The van der Waals surface area contributed by atoms with E-state index in [9.17, 15) is 4.79 Å². The number of carboxylic acid groups (broad SMARTS) is 1. The van der Waals surface area contributed by atoms with Gasteiger partial charge in [-0.25, -0.2) is 4.79 Å². The third-order valence-corrected chi connectivity index (χ3v) is 2.70. The number of methoxy groups -OCH3 is 1. The molecule has 1 unspecified atom stereocenters. The number of aryl methyl sites for hydroxylation is 1. The number of hydrogen-bond acceptors (Lipinski definition) is 3. The summed E-state index contributed by atoms with van der Waals surface area (Å²) in [4.78, 5) is 11.0. The maximum Gasteiger partial charge on any atom is 0.339 e. The summed E-state index contributed by atoms with van der Waals surface area (Å²) in [6.07, 6.45) is 0.817. The molecular formula is C11H18N2O3. The van der Waals surface area contributed by atoms with E-state index in [1.165, 1.54) is 0 Å². The van der Waals surface area contributed by atoms with E-state index in [-0.39, 0.29) is 6.04 Å². The maximum absolute atomic E-state index is 11.0. The summed E-state index contributed by atoms with van der Waals surface area (Å²) < 4.78 is 6.76. The van der Waals surface area contributed by atoms with Crippen molar-refractivity contribution in [2.75, 3.05) is 13.7 Å². The van der Waals surface area contributed by atoms with Crippen LogP contribution < -0.4 is 0 Å². The number of rotatable bonds is 5. The zero-order chi connectivity index (χ0) is 12.3. The Labute approximate surface area is 95.0 Å². The molecule has 0 aliphatic rings. The van der Waals surface area contributed by atoms with E-state index in [1.807, 2.05) is 6.92 Å². The van der Waals surface area contributed by atoms with Gasteiger partial charge in [0.15, 0.2) is 0 Å². The van der Waals surface area contributed by atoms with Crippen LogP contribution in [0.5, 0.6) is 0 Å². The molecule has 0 spiro atoms. The lowest BCUT2D eigenvalue weighted by atomic mass is 10.2. The highest BCUT2D eigenvalue weighted by atomic mass is 16.5. The van der Waals surface area contributed by atoms with Crippen molar-refractivity contribution in [1.82, 2.24) is 9.78 Å². The molecular weight excluding hydrogens is 208 g/mol. The van der Waals surface area contributed by atoms with Gasteiger partial charge in [0.1, 0.15) is 5.56 Å². The highest BCUT2D eigenvalue weighted by molar-refractivity contribution is 5.90. The molecule has 5 heteroatoms. The fourth-order valence-electron chi connectivity index (χ4n) is 1.81. The number of aromatic carboxylic acids is 1. The fourth-order valence-corrected chi connectivity index (χ4v) is 1.81. The van der Waals surface area contributed by atoms with Crippen molar-refractivity contribution < 1.29 is 14.6 Å². The third kappa shape index (κ3) is 2.41. The Morgan fingerprint density at radius 1 is 1.56 bits per heavy atom. The lowest BCUT2D eigenvalue weighted by molar-refractivity contribution is 0.0695. The zero-order valence-electron chi connectivity index (χ0n) is 10.1. The van der Waals surface area contributed by atoms with Crippen molar-refractivity contribution in [3.63, 3.8) is 0 Å². The van der Waals surface area contributed by atoms with Crippen LogP contribution in [0, 0.1) is 13.8 Å². The van der Waals surface area contributed by atoms with E-state index in [4.69, 9.17) is 9.84 Å². The molecule has 0 aliphatic carbocycles. The molecule has 0 bridgehead atoms. The summed E-state index contributed by atoms with van der Waals surface area (Å²) in [7, 11) is 1.65. The van der Waals surface area contributed by atoms with Crippen LogP contribution in [0.3, 0.4) is 0 Å². The summed E-state index contributed by atoms with van der Waals surface area (Å²) in [6, 6.07) is 0.145. The number of aromatic nitrogens is 2. The van der Waals surface area contributed by atoms with Crippen molar-refractivity contribution in [2.45, 2.75) is 33.2 Å². The molecule has 0 saturated heterocycles.